The largest absolute Gasteiger partial charge is 0.204 e. The van der Waals surface area contributed by atoms with Gasteiger partial charge in [-0.1, -0.05) is 37.7 Å². The molecule has 1 aliphatic rings. The fourth-order valence-corrected chi connectivity index (χ4v) is 2.96. The number of hydrogen-bond acceptors (Lipinski definition) is 0. The van der Waals surface area contributed by atoms with E-state index in [1.165, 1.54) is 44.6 Å². The minimum absolute atomic E-state index is 0.505. The van der Waals surface area contributed by atoms with E-state index in [1.54, 1.807) is 0 Å². The summed E-state index contributed by atoms with van der Waals surface area (Å²) in [6, 6.07) is 3.74. The minimum Gasteiger partial charge on any atom is -0.204 e. The number of halogens is 2. The number of rotatable bonds is 3. The van der Waals surface area contributed by atoms with Crippen LogP contribution >= 0.6 is 0 Å². The van der Waals surface area contributed by atoms with Crippen molar-refractivity contribution < 1.29 is 8.78 Å². The van der Waals surface area contributed by atoms with E-state index in [2.05, 4.69) is 24.8 Å². The van der Waals surface area contributed by atoms with Crippen LogP contribution < -0.4 is 0 Å². The third kappa shape index (κ3) is 5.01. The van der Waals surface area contributed by atoms with Gasteiger partial charge in [-0.3, -0.25) is 0 Å². The van der Waals surface area contributed by atoms with E-state index in [0.29, 0.717) is 11.5 Å². The van der Waals surface area contributed by atoms with Crippen LogP contribution in [0.5, 0.6) is 0 Å². The highest BCUT2D eigenvalue weighted by atomic mass is 19.2. The second kappa shape index (κ2) is 7.98. The van der Waals surface area contributed by atoms with Crippen LogP contribution in [0.1, 0.15) is 51.0 Å². The van der Waals surface area contributed by atoms with Crippen molar-refractivity contribution in [1.82, 2.24) is 0 Å². The summed E-state index contributed by atoms with van der Waals surface area (Å²) in [5, 5.41) is 0. The number of hydrogen-bond donors (Lipinski definition) is 0. The fraction of sp³-hybridized carbons (Fsp3) is 0.474. The third-order valence-electron chi connectivity index (χ3n) is 4.18. The summed E-state index contributed by atoms with van der Waals surface area (Å²) in [7, 11) is 0. The molecule has 0 unspecified atom stereocenters. The molecule has 1 fully saturated rings. The molecule has 112 valence electrons. The molecule has 2 heteroatoms. The molecule has 0 radical (unpaired) electrons. The van der Waals surface area contributed by atoms with Crippen LogP contribution in [0.2, 0.25) is 0 Å². The zero-order valence-corrected chi connectivity index (χ0v) is 12.5. The summed E-state index contributed by atoms with van der Waals surface area (Å²) < 4.78 is 25.8. The lowest BCUT2D eigenvalue weighted by Crippen LogP contribution is -2.12. The van der Waals surface area contributed by atoms with E-state index >= 15 is 0 Å². The maximum atomic E-state index is 13.0. The van der Waals surface area contributed by atoms with Crippen molar-refractivity contribution in [3.05, 3.63) is 47.5 Å². The van der Waals surface area contributed by atoms with Crippen LogP contribution in [0.25, 0.3) is 0 Å². The van der Waals surface area contributed by atoms with Crippen molar-refractivity contribution >= 4 is 0 Å². The zero-order valence-electron chi connectivity index (χ0n) is 12.5. The molecule has 0 bridgehead atoms. The molecule has 1 aromatic rings. The Hall–Kier alpha value is -1.62. The molecular weight excluding hydrogens is 266 g/mol. The van der Waals surface area contributed by atoms with Gasteiger partial charge in [-0.05, 0) is 61.8 Å². The van der Waals surface area contributed by atoms with Gasteiger partial charge in [0.2, 0.25) is 0 Å². The minimum atomic E-state index is -0.847. The molecule has 0 spiro atoms. The van der Waals surface area contributed by atoms with Crippen LogP contribution in [0.4, 0.5) is 8.78 Å². The molecule has 0 saturated heterocycles. The van der Waals surface area contributed by atoms with E-state index in [4.69, 9.17) is 0 Å². The fourth-order valence-electron chi connectivity index (χ4n) is 2.96. The van der Waals surface area contributed by atoms with Gasteiger partial charge in [-0.25, -0.2) is 8.78 Å². The maximum absolute atomic E-state index is 13.0. The summed E-state index contributed by atoms with van der Waals surface area (Å²) >= 11 is 0. The van der Waals surface area contributed by atoms with Crippen LogP contribution in [0.3, 0.4) is 0 Å². The Labute approximate surface area is 126 Å². The Morgan fingerprint density at radius 1 is 1.14 bits per heavy atom. The van der Waals surface area contributed by atoms with E-state index in [9.17, 15) is 8.78 Å². The lowest BCUT2D eigenvalue weighted by atomic mass is 9.80. The molecule has 1 saturated carbocycles. The lowest BCUT2D eigenvalue weighted by molar-refractivity contribution is 0.294. The van der Waals surface area contributed by atoms with Gasteiger partial charge in [0.1, 0.15) is 0 Å². The van der Waals surface area contributed by atoms with Crippen molar-refractivity contribution in [2.45, 2.75) is 45.4 Å². The van der Waals surface area contributed by atoms with Gasteiger partial charge in [0.25, 0.3) is 0 Å². The summed E-state index contributed by atoms with van der Waals surface area (Å²) in [6.45, 7) is 2.25. The smallest absolute Gasteiger partial charge is 0.160 e. The van der Waals surface area contributed by atoms with Crippen molar-refractivity contribution in [2.24, 2.45) is 11.8 Å². The summed E-state index contributed by atoms with van der Waals surface area (Å²) in [5.74, 6) is 5.60. The van der Waals surface area contributed by atoms with Crippen molar-refractivity contribution in [3.8, 4) is 11.8 Å². The predicted octanol–water partition coefficient (Wildman–Crippen LogP) is 5.48. The second-order valence-corrected chi connectivity index (χ2v) is 5.83. The third-order valence-corrected chi connectivity index (χ3v) is 4.18. The van der Waals surface area contributed by atoms with Gasteiger partial charge in [0, 0.05) is 5.56 Å². The van der Waals surface area contributed by atoms with E-state index in [-0.39, 0.29) is 0 Å². The van der Waals surface area contributed by atoms with Crippen molar-refractivity contribution in [2.75, 3.05) is 0 Å². The first-order valence-electron chi connectivity index (χ1n) is 7.82. The standard InChI is InChI=1S/C19H22F2/c1-2-5-15-8-10-16(11-9-15)6-3-4-7-17-12-13-18(20)19(21)14-17/h3,6,12-16H,2,5,8-11H2,1H3/b6-3+/t15-,16-. The Kier molecular flexibility index (Phi) is 5.99. The Balaban J connectivity index is 1.83. The van der Waals surface area contributed by atoms with Gasteiger partial charge in [-0.15, -0.1) is 0 Å². The van der Waals surface area contributed by atoms with Crippen LogP contribution in [0.15, 0.2) is 30.4 Å². The Morgan fingerprint density at radius 2 is 1.90 bits per heavy atom. The molecule has 0 aromatic heterocycles. The summed E-state index contributed by atoms with van der Waals surface area (Å²) in [5.41, 5.74) is 0.505. The Bertz CT molecular complexity index is 540. The SMILES string of the molecule is CCC[C@H]1CC[C@H](/C=C/C#Cc2ccc(F)c(F)c2)CC1. The predicted molar refractivity (Wildman–Crippen MR) is 82.7 cm³/mol. The first-order valence-corrected chi connectivity index (χ1v) is 7.82. The highest BCUT2D eigenvalue weighted by Crippen LogP contribution is 2.31. The van der Waals surface area contributed by atoms with E-state index in [0.717, 1.165) is 18.1 Å². The molecule has 0 N–H and O–H groups in total. The second-order valence-electron chi connectivity index (χ2n) is 5.83. The molecule has 21 heavy (non-hydrogen) atoms. The average Bonchev–Trinajstić information content (AvgIpc) is 2.49. The van der Waals surface area contributed by atoms with E-state index < -0.39 is 11.6 Å². The van der Waals surface area contributed by atoms with Crippen molar-refractivity contribution in [1.29, 1.82) is 0 Å². The number of benzene rings is 1. The average molecular weight is 288 g/mol. The first kappa shape index (κ1) is 15.8. The zero-order chi connectivity index (χ0) is 15.1. The topological polar surface area (TPSA) is 0 Å². The normalized spacial score (nSPS) is 22.0. The van der Waals surface area contributed by atoms with E-state index in [1.807, 2.05) is 6.08 Å². The molecule has 2 rings (SSSR count). The van der Waals surface area contributed by atoms with Crippen LogP contribution in [-0.2, 0) is 0 Å². The monoisotopic (exact) mass is 288 g/mol. The highest BCUT2D eigenvalue weighted by Gasteiger charge is 2.18. The molecule has 0 heterocycles. The van der Waals surface area contributed by atoms with Gasteiger partial charge in [0.15, 0.2) is 11.6 Å². The molecule has 0 atom stereocenters. The van der Waals surface area contributed by atoms with Gasteiger partial charge in [-0.2, -0.15) is 0 Å². The first-order chi connectivity index (χ1) is 10.2. The Morgan fingerprint density at radius 3 is 2.57 bits per heavy atom. The molecule has 0 aliphatic heterocycles. The van der Waals surface area contributed by atoms with Crippen LogP contribution in [-0.4, -0.2) is 0 Å². The molecular formula is C19H22F2. The van der Waals surface area contributed by atoms with Gasteiger partial charge >= 0.3 is 0 Å². The molecule has 0 nitrogen and oxygen atoms in total. The summed E-state index contributed by atoms with van der Waals surface area (Å²) in [6.07, 6.45) is 11.8. The molecule has 1 aromatic carbocycles. The highest BCUT2D eigenvalue weighted by molar-refractivity contribution is 5.37. The number of allylic oxidation sites excluding steroid dienone is 2. The summed E-state index contributed by atoms with van der Waals surface area (Å²) in [4.78, 5) is 0. The molecule has 0 amide bonds. The molecule has 1 aliphatic carbocycles. The van der Waals surface area contributed by atoms with Gasteiger partial charge in [0.05, 0.1) is 0 Å². The van der Waals surface area contributed by atoms with Crippen molar-refractivity contribution in [3.63, 3.8) is 0 Å². The van der Waals surface area contributed by atoms with Crippen LogP contribution in [0, 0.1) is 35.3 Å². The lowest BCUT2D eigenvalue weighted by Gasteiger charge is -2.26. The maximum Gasteiger partial charge on any atom is 0.160 e. The van der Waals surface area contributed by atoms with Gasteiger partial charge < -0.3 is 0 Å². The quantitative estimate of drug-likeness (QED) is 0.646.